The molecular weight excluding hydrogens is 256 g/mol. The number of hydrogen-bond acceptors (Lipinski definition) is 6. The molecule has 2 heterocycles. The molecule has 1 unspecified atom stereocenters. The Bertz CT molecular complexity index is 609. The minimum absolute atomic E-state index is 0.0656. The highest BCUT2D eigenvalue weighted by Crippen LogP contribution is 2.33. The third-order valence-corrected chi connectivity index (χ3v) is 3.58. The molecule has 0 saturated heterocycles. The molecule has 0 bridgehead atoms. The van der Waals surface area contributed by atoms with Crippen molar-refractivity contribution in [2.45, 2.75) is 31.5 Å². The van der Waals surface area contributed by atoms with Gasteiger partial charge < -0.3 is 19.8 Å². The van der Waals surface area contributed by atoms with Crippen LogP contribution in [-0.4, -0.2) is 22.8 Å². The molecule has 4 rings (SSSR count). The number of fused-ring (bicyclic) bond motifs is 1. The summed E-state index contributed by atoms with van der Waals surface area (Å²) in [5, 5.41) is 14.6. The van der Waals surface area contributed by atoms with Crippen LogP contribution < -0.4 is 15.4 Å². The zero-order valence-electron chi connectivity index (χ0n) is 11.0. The fourth-order valence-corrected chi connectivity index (χ4v) is 2.33. The molecule has 1 aliphatic carbocycles. The molecule has 0 radical (unpaired) electrons. The second kappa shape index (κ2) is 4.79. The van der Waals surface area contributed by atoms with E-state index in [2.05, 4.69) is 20.8 Å². The lowest BCUT2D eigenvalue weighted by Crippen LogP contribution is -2.15. The van der Waals surface area contributed by atoms with Crippen LogP contribution in [0.1, 0.15) is 30.3 Å². The van der Waals surface area contributed by atoms with Crippen LogP contribution in [0.2, 0.25) is 0 Å². The third-order valence-electron chi connectivity index (χ3n) is 3.58. The number of benzene rings is 1. The summed E-state index contributed by atoms with van der Waals surface area (Å²) in [4.78, 5) is 0. The molecule has 1 saturated carbocycles. The highest BCUT2D eigenvalue weighted by Gasteiger charge is 2.25. The van der Waals surface area contributed by atoms with Crippen molar-refractivity contribution in [2.75, 3.05) is 11.9 Å². The van der Waals surface area contributed by atoms with E-state index in [1.165, 1.54) is 12.8 Å². The maximum atomic E-state index is 5.61. The van der Waals surface area contributed by atoms with Crippen LogP contribution in [0.3, 0.4) is 0 Å². The van der Waals surface area contributed by atoms with Crippen molar-refractivity contribution in [1.29, 1.82) is 0 Å². The van der Waals surface area contributed by atoms with Gasteiger partial charge in [0.2, 0.25) is 5.89 Å². The number of hydrogen-bond donors (Lipinski definition) is 2. The Morgan fingerprint density at radius 3 is 3.00 bits per heavy atom. The Morgan fingerprint density at radius 1 is 1.20 bits per heavy atom. The van der Waals surface area contributed by atoms with Gasteiger partial charge in [-0.25, -0.2) is 0 Å². The van der Waals surface area contributed by atoms with Gasteiger partial charge in [-0.2, -0.15) is 0 Å². The molecule has 0 amide bonds. The van der Waals surface area contributed by atoms with Crippen molar-refractivity contribution in [3.63, 3.8) is 0 Å². The van der Waals surface area contributed by atoms with Gasteiger partial charge in [0.15, 0.2) is 0 Å². The van der Waals surface area contributed by atoms with Crippen LogP contribution in [0.5, 0.6) is 5.75 Å². The third kappa shape index (κ3) is 2.34. The van der Waals surface area contributed by atoms with Gasteiger partial charge >= 0.3 is 6.01 Å². The van der Waals surface area contributed by atoms with E-state index in [4.69, 9.17) is 9.15 Å². The SMILES string of the molecule is c1ccc2c(c1)OCC2Nc1nnc(CNC2CC2)o1. The van der Waals surface area contributed by atoms with Crippen LogP contribution in [-0.2, 0) is 6.54 Å². The molecule has 1 fully saturated rings. The van der Waals surface area contributed by atoms with E-state index >= 15 is 0 Å². The molecule has 1 aromatic carbocycles. The highest BCUT2D eigenvalue weighted by atomic mass is 16.5. The number of rotatable bonds is 5. The van der Waals surface area contributed by atoms with Crippen LogP contribution in [0.15, 0.2) is 28.7 Å². The van der Waals surface area contributed by atoms with Gasteiger partial charge in [-0.05, 0) is 18.9 Å². The summed E-state index contributed by atoms with van der Waals surface area (Å²) in [6.07, 6.45) is 2.49. The Balaban J connectivity index is 1.41. The lowest BCUT2D eigenvalue weighted by Gasteiger charge is -2.08. The summed E-state index contributed by atoms with van der Waals surface area (Å²) in [6.45, 7) is 1.22. The molecule has 2 aromatic rings. The summed E-state index contributed by atoms with van der Waals surface area (Å²) in [5.74, 6) is 1.53. The van der Waals surface area contributed by atoms with Crippen molar-refractivity contribution in [3.8, 4) is 5.75 Å². The molecule has 6 nitrogen and oxygen atoms in total. The van der Waals surface area contributed by atoms with Gasteiger partial charge in [0.1, 0.15) is 12.4 Å². The number of aromatic nitrogens is 2. The molecule has 1 atom stereocenters. The molecule has 0 spiro atoms. The molecule has 104 valence electrons. The van der Waals surface area contributed by atoms with E-state index in [0.717, 1.165) is 11.3 Å². The molecule has 6 heteroatoms. The minimum Gasteiger partial charge on any atom is -0.491 e. The summed E-state index contributed by atoms with van der Waals surface area (Å²) in [7, 11) is 0. The largest absolute Gasteiger partial charge is 0.491 e. The Labute approximate surface area is 116 Å². The zero-order valence-corrected chi connectivity index (χ0v) is 11.0. The predicted molar refractivity (Wildman–Crippen MR) is 72.5 cm³/mol. The van der Waals surface area contributed by atoms with Crippen LogP contribution in [0.4, 0.5) is 6.01 Å². The molecule has 1 aliphatic heterocycles. The quantitative estimate of drug-likeness (QED) is 0.865. The maximum Gasteiger partial charge on any atom is 0.316 e. The monoisotopic (exact) mass is 272 g/mol. The Hall–Kier alpha value is -2.08. The standard InChI is InChI=1S/C14H16N4O2/c1-2-4-12-10(3-1)11(8-19-12)16-14-18-17-13(20-14)7-15-9-5-6-9/h1-4,9,11,15H,5-8H2,(H,16,18). The molecule has 1 aromatic heterocycles. The number of nitrogens with zero attached hydrogens (tertiary/aromatic N) is 2. The summed E-state index contributed by atoms with van der Waals surface area (Å²) in [5.41, 5.74) is 1.13. The van der Waals surface area contributed by atoms with Crippen molar-refractivity contribution >= 4 is 6.01 Å². The van der Waals surface area contributed by atoms with E-state index in [0.29, 0.717) is 31.1 Å². The van der Waals surface area contributed by atoms with Gasteiger partial charge in [0.25, 0.3) is 0 Å². The fourth-order valence-electron chi connectivity index (χ4n) is 2.33. The predicted octanol–water partition coefficient (Wildman–Crippen LogP) is 1.87. The lowest BCUT2D eigenvalue weighted by atomic mass is 10.1. The zero-order chi connectivity index (χ0) is 13.4. The first-order valence-electron chi connectivity index (χ1n) is 6.92. The summed E-state index contributed by atoms with van der Waals surface area (Å²) >= 11 is 0. The van der Waals surface area contributed by atoms with Crippen LogP contribution >= 0.6 is 0 Å². The Kier molecular flexibility index (Phi) is 2.81. The minimum atomic E-state index is 0.0656. The van der Waals surface area contributed by atoms with E-state index in [-0.39, 0.29) is 6.04 Å². The molecule has 20 heavy (non-hydrogen) atoms. The number of ether oxygens (including phenoxy) is 1. The first-order chi connectivity index (χ1) is 9.88. The van der Waals surface area contributed by atoms with Crippen LogP contribution in [0.25, 0.3) is 0 Å². The van der Waals surface area contributed by atoms with Crippen molar-refractivity contribution in [2.24, 2.45) is 0 Å². The van der Waals surface area contributed by atoms with E-state index in [1.807, 2.05) is 24.3 Å². The van der Waals surface area contributed by atoms with Gasteiger partial charge in [-0.1, -0.05) is 23.3 Å². The second-order valence-electron chi connectivity index (χ2n) is 5.20. The van der Waals surface area contributed by atoms with Crippen molar-refractivity contribution in [1.82, 2.24) is 15.5 Å². The van der Waals surface area contributed by atoms with Crippen molar-refractivity contribution in [3.05, 3.63) is 35.7 Å². The molecule has 2 N–H and O–H groups in total. The van der Waals surface area contributed by atoms with Gasteiger partial charge in [-0.15, -0.1) is 5.10 Å². The van der Waals surface area contributed by atoms with Gasteiger partial charge in [-0.3, -0.25) is 0 Å². The normalized spacial score (nSPS) is 20.5. The van der Waals surface area contributed by atoms with E-state index in [1.54, 1.807) is 0 Å². The van der Waals surface area contributed by atoms with Gasteiger partial charge in [0.05, 0.1) is 12.6 Å². The van der Waals surface area contributed by atoms with Crippen LogP contribution in [0, 0.1) is 0 Å². The van der Waals surface area contributed by atoms with Gasteiger partial charge in [0, 0.05) is 11.6 Å². The average Bonchev–Trinajstić information content (AvgIpc) is 3.06. The summed E-state index contributed by atoms with van der Waals surface area (Å²) < 4.78 is 11.2. The van der Waals surface area contributed by atoms with E-state index < -0.39 is 0 Å². The lowest BCUT2D eigenvalue weighted by molar-refractivity contribution is 0.337. The molecular formula is C14H16N4O2. The fraction of sp³-hybridized carbons (Fsp3) is 0.429. The number of para-hydroxylation sites is 1. The number of anilines is 1. The first kappa shape index (κ1) is 11.7. The first-order valence-corrected chi connectivity index (χ1v) is 6.92. The topological polar surface area (TPSA) is 72.2 Å². The Morgan fingerprint density at radius 2 is 2.10 bits per heavy atom. The molecule has 2 aliphatic rings. The summed E-state index contributed by atoms with van der Waals surface area (Å²) in [6, 6.07) is 9.13. The van der Waals surface area contributed by atoms with E-state index in [9.17, 15) is 0 Å². The van der Waals surface area contributed by atoms with Crippen molar-refractivity contribution < 1.29 is 9.15 Å². The smallest absolute Gasteiger partial charge is 0.316 e. The highest BCUT2D eigenvalue weighted by molar-refractivity contribution is 5.43. The average molecular weight is 272 g/mol. The second-order valence-corrected chi connectivity index (χ2v) is 5.20. The maximum absolute atomic E-state index is 5.61. The number of nitrogens with one attached hydrogen (secondary N) is 2.